The van der Waals surface area contributed by atoms with Gasteiger partial charge < -0.3 is 19.4 Å². The molecule has 1 aliphatic carbocycles. The van der Waals surface area contributed by atoms with E-state index in [1.165, 1.54) is 5.56 Å². The van der Waals surface area contributed by atoms with E-state index in [0.29, 0.717) is 29.9 Å². The number of carbonyl (C=O) groups excluding carboxylic acids is 1. The molecule has 0 spiro atoms. The van der Waals surface area contributed by atoms with Gasteiger partial charge >= 0.3 is 6.09 Å². The number of benzene rings is 2. The van der Waals surface area contributed by atoms with Crippen LogP contribution in [0, 0.1) is 17.7 Å². The van der Waals surface area contributed by atoms with Crippen LogP contribution < -0.4 is 10.1 Å². The van der Waals surface area contributed by atoms with Crippen molar-refractivity contribution in [1.29, 1.82) is 0 Å². The van der Waals surface area contributed by atoms with Gasteiger partial charge in [-0.05, 0) is 47.9 Å². The number of ether oxygens (including phenoxy) is 1. The number of halogens is 1. The summed E-state index contributed by atoms with van der Waals surface area (Å²) in [4.78, 5) is 14.4. The molecule has 1 amide bonds. The fourth-order valence-corrected chi connectivity index (χ4v) is 4.73. The number of furan rings is 1. The molecule has 1 aromatic heterocycles. The molecule has 6 heteroatoms. The average Bonchev–Trinajstić information content (AvgIpc) is 3.24. The molecule has 2 aliphatic rings. The summed E-state index contributed by atoms with van der Waals surface area (Å²) in [6, 6.07) is 16.2. The standard InChI is InChI=1S/C23H23FN2O3/c24-18-7-5-15(6-8-18)19-11-17-13-26(14-20(17)19)10-9-25-23(27)29-22-12-16-3-1-2-4-21(16)28-22/h1-8,12,17,19-20H,9-11,13-14H2,(H,25,27). The van der Waals surface area contributed by atoms with Crippen LogP contribution in [0.5, 0.6) is 5.95 Å². The lowest BCUT2D eigenvalue weighted by Crippen LogP contribution is -2.35. The number of hydrogen-bond acceptors (Lipinski definition) is 4. The summed E-state index contributed by atoms with van der Waals surface area (Å²) in [7, 11) is 0. The van der Waals surface area contributed by atoms with E-state index in [0.717, 1.165) is 31.4 Å². The van der Waals surface area contributed by atoms with E-state index in [4.69, 9.17) is 9.15 Å². The van der Waals surface area contributed by atoms with Crippen molar-refractivity contribution < 1.29 is 18.3 Å². The van der Waals surface area contributed by atoms with Gasteiger partial charge in [0, 0.05) is 37.6 Å². The largest absolute Gasteiger partial charge is 0.425 e. The molecule has 29 heavy (non-hydrogen) atoms. The minimum atomic E-state index is -0.504. The summed E-state index contributed by atoms with van der Waals surface area (Å²) in [6.45, 7) is 3.40. The van der Waals surface area contributed by atoms with E-state index in [1.54, 1.807) is 18.2 Å². The highest BCUT2D eigenvalue weighted by Gasteiger charge is 2.47. The Labute approximate surface area is 168 Å². The van der Waals surface area contributed by atoms with Gasteiger partial charge in [0.2, 0.25) is 0 Å². The minimum Gasteiger partial charge on any atom is -0.425 e. The van der Waals surface area contributed by atoms with Crippen LogP contribution in [0.2, 0.25) is 0 Å². The van der Waals surface area contributed by atoms with E-state index in [9.17, 15) is 9.18 Å². The third-order valence-corrected chi connectivity index (χ3v) is 6.23. The van der Waals surface area contributed by atoms with Crippen LogP contribution in [-0.4, -0.2) is 37.2 Å². The van der Waals surface area contributed by atoms with Gasteiger partial charge in [0.05, 0.1) is 0 Å². The van der Waals surface area contributed by atoms with Crippen LogP contribution in [0.1, 0.15) is 17.9 Å². The number of amides is 1. The zero-order chi connectivity index (χ0) is 19.8. The van der Waals surface area contributed by atoms with Gasteiger partial charge in [-0.25, -0.2) is 9.18 Å². The first-order valence-electron chi connectivity index (χ1n) is 10.1. The van der Waals surface area contributed by atoms with Gasteiger partial charge in [-0.3, -0.25) is 0 Å². The Balaban J connectivity index is 1.08. The molecule has 1 N–H and O–H groups in total. The average molecular weight is 394 g/mol. The quantitative estimate of drug-likeness (QED) is 0.697. The van der Waals surface area contributed by atoms with E-state index in [2.05, 4.69) is 10.2 Å². The molecule has 2 fully saturated rings. The third-order valence-electron chi connectivity index (χ3n) is 6.23. The van der Waals surface area contributed by atoms with Crippen molar-refractivity contribution in [3.05, 3.63) is 66.0 Å². The molecular formula is C23H23FN2O3. The Kier molecular flexibility index (Phi) is 4.72. The maximum Gasteiger partial charge on any atom is 0.415 e. The normalized spacial score (nSPS) is 23.6. The second-order valence-electron chi connectivity index (χ2n) is 8.00. The molecule has 1 saturated heterocycles. The van der Waals surface area contributed by atoms with Crippen molar-refractivity contribution in [2.45, 2.75) is 12.3 Å². The molecule has 150 valence electrons. The Morgan fingerprint density at radius 1 is 1.17 bits per heavy atom. The molecule has 5 nitrogen and oxygen atoms in total. The van der Waals surface area contributed by atoms with E-state index < -0.39 is 6.09 Å². The zero-order valence-electron chi connectivity index (χ0n) is 16.0. The molecule has 1 aliphatic heterocycles. The van der Waals surface area contributed by atoms with Crippen LogP contribution in [0.15, 0.2) is 59.0 Å². The Hall–Kier alpha value is -2.86. The van der Waals surface area contributed by atoms with Gasteiger partial charge in [-0.2, -0.15) is 0 Å². The first-order valence-corrected chi connectivity index (χ1v) is 10.1. The van der Waals surface area contributed by atoms with Crippen molar-refractivity contribution in [3.63, 3.8) is 0 Å². The molecule has 3 aromatic rings. The number of carbonyl (C=O) groups is 1. The monoisotopic (exact) mass is 394 g/mol. The smallest absolute Gasteiger partial charge is 0.415 e. The maximum atomic E-state index is 13.1. The van der Waals surface area contributed by atoms with Crippen molar-refractivity contribution >= 4 is 17.1 Å². The van der Waals surface area contributed by atoms with Gasteiger partial charge in [0.1, 0.15) is 11.4 Å². The Bertz CT molecular complexity index is 983. The van der Waals surface area contributed by atoms with E-state index in [1.807, 2.05) is 36.4 Å². The molecule has 2 heterocycles. The lowest BCUT2D eigenvalue weighted by Gasteiger charge is -2.40. The summed E-state index contributed by atoms with van der Waals surface area (Å²) in [6.07, 6.45) is 0.657. The first-order chi connectivity index (χ1) is 14.2. The predicted molar refractivity (Wildman–Crippen MR) is 107 cm³/mol. The maximum absolute atomic E-state index is 13.1. The highest BCUT2D eigenvalue weighted by molar-refractivity contribution is 5.79. The lowest BCUT2D eigenvalue weighted by molar-refractivity contribution is 0.187. The predicted octanol–water partition coefficient (Wildman–Crippen LogP) is 4.40. The highest BCUT2D eigenvalue weighted by atomic mass is 19.1. The number of rotatable bonds is 5. The van der Waals surface area contributed by atoms with Gasteiger partial charge in [-0.15, -0.1) is 0 Å². The van der Waals surface area contributed by atoms with Crippen LogP contribution in [0.3, 0.4) is 0 Å². The van der Waals surface area contributed by atoms with Crippen molar-refractivity contribution in [2.75, 3.05) is 26.2 Å². The molecule has 0 bridgehead atoms. The fraction of sp³-hybridized carbons (Fsp3) is 0.348. The molecule has 3 unspecified atom stereocenters. The minimum absolute atomic E-state index is 0.182. The first kappa shape index (κ1) is 18.2. The van der Waals surface area contributed by atoms with Crippen molar-refractivity contribution in [3.8, 4) is 5.95 Å². The summed E-state index contributed by atoms with van der Waals surface area (Å²) in [5.74, 6) is 1.87. The van der Waals surface area contributed by atoms with Gasteiger partial charge in [0.25, 0.3) is 5.95 Å². The molecule has 1 saturated carbocycles. The van der Waals surface area contributed by atoms with Crippen LogP contribution >= 0.6 is 0 Å². The number of hydrogen-bond donors (Lipinski definition) is 1. The molecule has 2 aromatic carbocycles. The summed E-state index contributed by atoms with van der Waals surface area (Å²) in [5, 5.41) is 3.70. The lowest BCUT2D eigenvalue weighted by atomic mass is 9.64. The molecular weight excluding hydrogens is 371 g/mol. The number of para-hydroxylation sites is 1. The molecule has 5 rings (SSSR count). The fourth-order valence-electron chi connectivity index (χ4n) is 4.73. The summed E-state index contributed by atoms with van der Waals surface area (Å²) in [5.41, 5.74) is 1.93. The number of nitrogens with zero attached hydrogens (tertiary/aromatic N) is 1. The third kappa shape index (κ3) is 3.72. The van der Waals surface area contributed by atoms with Crippen LogP contribution in [-0.2, 0) is 0 Å². The van der Waals surface area contributed by atoms with E-state index >= 15 is 0 Å². The molecule has 0 radical (unpaired) electrons. The van der Waals surface area contributed by atoms with Gasteiger partial charge in [0.15, 0.2) is 0 Å². The Morgan fingerprint density at radius 3 is 2.83 bits per heavy atom. The van der Waals surface area contributed by atoms with Crippen LogP contribution in [0.25, 0.3) is 11.0 Å². The second-order valence-corrected chi connectivity index (χ2v) is 8.00. The van der Waals surface area contributed by atoms with E-state index in [-0.39, 0.29) is 11.8 Å². The topological polar surface area (TPSA) is 54.7 Å². The van der Waals surface area contributed by atoms with Crippen LogP contribution in [0.4, 0.5) is 9.18 Å². The SMILES string of the molecule is O=C(NCCN1CC2CC(c3ccc(F)cc3)C2C1)Oc1cc2ccccc2o1. The number of nitrogens with one attached hydrogen (secondary N) is 1. The van der Waals surface area contributed by atoms with Crippen molar-refractivity contribution in [2.24, 2.45) is 11.8 Å². The Morgan fingerprint density at radius 2 is 2.00 bits per heavy atom. The second kappa shape index (κ2) is 7.52. The zero-order valence-corrected chi connectivity index (χ0v) is 16.0. The highest BCUT2D eigenvalue weighted by Crippen LogP contribution is 2.51. The molecule has 3 atom stereocenters. The summed E-state index contributed by atoms with van der Waals surface area (Å²) < 4.78 is 23.9. The van der Waals surface area contributed by atoms with Gasteiger partial charge in [-0.1, -0.05) is 30.3 Å². The number of fused-ring (bicyclic) bond motifs is 2. The number of likely N-dealkylation sites (tertiary alicyclic amines) is 1. The van der Waals surface area contributed by atoms with Crippen molar-refractivity contribution in [1.82, 2.24) is 10.2 Å². The summed E-state index contributed by atoms with van der Waals surface area (Å²) >= 11 is 0.